The van der Waals surface area contributed by atoms with Crippen LogP contribution in [0.15, 0.2) is 70.0 Å². The van der Waals surface area contributed by atoms with Crippen LogP contribution < -0.4 is 19.8 Å². The van der Waals surface area contributed by atoms with Crippen molar-refractivity contribution in [1.29, 1.82) is 0 Å². The Hall–Kier alpha value is -4.66. The summed E-state index contributed by atoms with van der Waals surface area (Å²) in [6.45, 7) is 1.98. The summed E-state index contributed by atoms with van der Waals surface area (Å²) < 4.78 is 23.2. The molecule has 0 unspecified atom stereocenters. The highest BCUT2D eigenvalue weighted by Crippen LogP contribution is 2.41. The fourth-order valence-corrected chi connectivity index (χ4v) is 3.86. The lowest BCUT2D eigenvalue weighted by atomic mass is 10.1. The Morgan fingerprint density at radius 3 is 2.14 bits per heavy atom. The number of methoxy groups -OCH3 is 3. The summed E-state index contributed by atoms with van der Waals surface area (Å²) >= 11 is 0. The Morgan fingerprint density at radius 1 is 0.857 bits per heavy atom. The van der Waals surface area contributed by atoms with Gasteiger partial charge in [-0.25, -0.2) is 0 Å². The van der Waals surface area contributed by atoms with Gasteiger partial charge < -0.3 is 18.7 Å². The average Bonchev–Trinajstić information content (AvgIpc) is 3.39. The molecule has 2 aromatic heterocycles. The largest absolute Gasteiger partial charge is 0.493 e. The van der Waals surface area contributed by atoms with E-state index in [0.717, 1.165) is 5.56 Å². The minimum atomic E-state index is -0.238. The zero-order chi connectivity index (χ0) is 24.5. The molecule has 0 aliphatic heterocycles. The highest BCUT2D eigenvalue weighted by atomic mass is 16.5. The van der Waals surface area contributed by atoms with Gasteiger partial charge in [-0.1, -0.05) is 41.1 Å². The third-order valence-corrected chi connectivity index (χ3v) is 5.64. The van der Waals surface area contributed by atoms with E-state index >= 15 is 0 Å². The first-order valence-corrected chi connectivity index (χ1v) is 10.8. The molecule has 0 amide bonds. The van der Waals surface area contributed by atoms with E-state index < -0.39 is 0 Å². The number of fused-ring (bicyclic) bond motifs is 1. The highest BCUT2D eigenvalue weighted by Gasteiger charge is 2.21. The molecule has 0 radical (unpaired) electrons. The molecule has 0 saturated carbocycles. The quantitative estimate of drug-likeness (QED) is 0.359. The molecule has 9 nitrogen and oxygen atoms in total. The van der Waals surface area contributed by atoms with Crippen molar-refractivity contribution in [3.8, 4) is 45.9 Å². The Morgan fingerprint density at radius 2 is 1.51 bits per heavy atom. The van der Waals surface area contributed by atoms with E-state index in [4.69, 9.17) is 18.7 Å². The molecule has 5 rings (SSSR count). The van der Waals surface area contributed by atoms with Gasteiger partial charge in [0, 0.05) is 10.9 Å². The van der Waals surface area contributed by atoms with Gasteiger partial charge in [0.05, 0.1) is 32.4 Å². The Bertz CT molecular complexity index is 1560. The third kappa shape index (κ3) is 3.86. The van der Waals surface area contributed by atoms with Gasteiger partial charge >= 0.3 is 0 Å². The maximum absolute atomic E-state index is 13.2. The highest BCUT2D eigenvalue weighted by molar-refractivity contribution is 5.92. The van der Waals surface area contributed by atoms with Crippen molar-refractivity contribution in [2.24, 2.45) is 0 Å². The van der Waals surface area contributed by atoms with Crippen LogP contribution in [-0.4, -0.2) is 41.3 Å². The number of aryl methyl sites for hydroxylation is 1. The van der Waals surface area contributed by atoms with Crippen LogP contribution in [0.1, 0.15) is 5.56 Å². The molecule has 5 aromatic rings. The Kier molecular flexibility index (Phi) is 5.66. The molecular formula is C26H22N4O5. The molecule has 0 N–H and O–H groups in total. The van der Waals surface area contributed by atoms with E-state index in [0.29, 0.717) is 50.8 Å². The van der Waals surface area contributed by atoms with Gasteiger partial charge in [-0.3, -0.25) is 4.79 Å². The molecule has 0 bridgehead atoms. The molecule has 0 aliphatic rings. The van der Waals surface area contributed by atoms with Gasteiger partial charge in [-0.05, 0) is 37.3 Å². The van der Waals surface area contributed by atoms with Crippen LogP contribution in [0.25, 0.3) is 39.4 Å². The van der Waals surface area contributed by atoms with Crippen LogP contribution in [0.2, 0.25) is 0 Å². The molecule has 0 aliphatic carbocycles. The monoisotopic (exact) mass is 470 g/mol. The van der Waals surface area contributed by atoms with E-state index in [1.807, 2.05) is 49.4 Å². The van der Waals surface area contributed by atoms with Crippen molar-refractivity contribution in [2.75, 3.05) is 21.3 Å². The van der Waals surface area contributed by atoms with Gasteiger partial charge in [-0.15, -0.1) is 0 Å². The second kappa shape index (κ2) is 8.94. The van der Waals surface area contributed by atoms with Crippen molar-refractivity contribution in [3.63, 3.8) is 0 Å². The number of hydrogen-bond donors (Lipinski definition) is 0. The zero-order valence-electron chi connectivity index (χ0n) is 19.6. The molecule has 0 atom stereocenters. The fourth-order valence-electron chi connectivity index (χ4n) is 3.86. The first-order valence-electron chi connectivity index (χ1n) is 10.8. The molecule has 2 heterocycles. The van der Waals surface area contributed by atoms with E-state index in [1.165, 1.54) is 26.0 Å². The van der Waals surface area contributed by atoms with Crippen molar-refractivity contribution in [1.82, 2.24) is 19.9 Å². The molecule has 35 heavy (non-hydrogen) atoms. The number of ether oxygens (including phenoxy) is 3. The zero-order valence-corrected chi connectivity index (χ0v) is 19.6. The second-order valence-electron chi connectivity index (χ2n) is 7.78. The number of nitrogens with zero attached hydrogens (tertiary/aromatic N) is 4. The smallest absolute Gasteiger partial charge is 0.279 e. The summed E-state index contributed by atoms with van der Waals surface area (Å²) in [7, 11) is 4.60. The number of aromatic nitrogens is 4. The topological polar surface area (TPSA) is 102 Å². The summed E-state index contributed by atoms with van der Waals surface area (Å²) in [5, 5.41) is 9.86. The second-order valence-corrected chi connectivity index (χ2v) is 7.78. The molecule has 3 aromatic carbocycles. The van der Waals surface area contributed by atoms with Crippen LogP contribution >= 0.6 is 0 Å². The van der Waals surface area contributed by atoms with Crippen LogP contribution in [0.5, 0.6) is 17.2 Å². The lowest BCUT2D eigenvalue weighted by molar-refractivity contribution is 0.324. The average molecular weight is 470 g/mol. The molecule has 176 valence electrons. The van der Waals surface area contributed by atoms with E-state index in [9.17, 15) is 4.79 Å². The van der Waals surface area contributed by atoms with Gasteiger partial charge in [-0.2, -0.15) is 14.8 Å². The summed E-state index contributed by atoms with van der Waals surface area (Å²) in [5.41, 5.74) is 2.47. The maximum Gasteiger partial charge on any atom is 0.279 e. The summed E-state index contributed by atoms with van der Waals surface area (Å²) in [6, 6.07) is 18.2. The lowest BCUT2D eigenvalue weighted by Crippen LogP contribution is -2.22. The normalized spacial score (nSPS) is 11.0. The van der Waals surface area contributed by atoms with E-state index in [2.05, 4.69) is 15.2 Å². The van der Waals surface area contributed by atoms with Gasteiger partial charge in [0.25, 0.3) is 11.4 Å². The minimum Gasteiger partial charge on any atom is -0.493 e. The minimum absolute atomic E-state index is 0.172. The van der Waals surface area contributed by atoms with E-state index in [1.54, 1.807) is 18.2 Å². The van der Waals surface area contributed by atoms with Crippen LogP contribution in [-0.2, 0) is 0 Å². The molecular weight excluding hydrogens is 448 g/mol. The van der Waals surface area contributed by atoms with Crippen molar-refractivity contribution in [3.05, 3.63) is 76.6 Å². The van der Waals surface area contributed by atoms with Crippen LogP contribution in [0, 0.1) is 6.92 Å². The Balaban J connectivity index is 1.68. The first-order chi connectivity index (χ1) is 17.0. The molecule has 9 heteroatoms. The molecule has 0 saturated heterocycles. The number of benzene rings is 3. The SMILES string of the molecule is COc1cc(-c2noc(-c3nn(-c4ccc(C)cc4)c(=O)c4ccccc34)n2)cc(OC)c1OC. The van der Waals surface area contributed by atoms with Crippen molar-refractivity contribution < 1.29 is 18.7 Å². The standard InChI is InChI=1S/C26H22N4O5/c1-15-9-11-17(12-10-15)30-26(31)19-8-6-5-7-18(19)22(28-30)25-27-24(29-35-25)16-13-20(32-2)23(34-4)21(14-16)33-3/h5-14H,1-4H3. The van der Waals surface area contributed by atoms with Crippen LogP contribution in [0.4, 0.5) is 0 Å². The van der Waals surface area contributed by atoms with Gasteiger partial charge in [0.15, 0.2) is 17.2 Å². The molecule has 0 spiro atoms. The van der Waals surface area contributed by atoms with Gasteiger partial charge in [0.1, 0.15) is 0 Å². The van der Waals surface area contributed by atoms with Crippen LogP contribution in [0.3, 0.4) is 0 Å². The molecule has 0 fully saturated rings. The summed E-state index contributed by atoms with van der Waals surface area (Å²) in [5.74, 6) is 1.86. The first kappa shape index (κ1) is 22.1. The van der Waals surface area contributed by atoms with Crippen molar-refractivity contribution >= 4 is 10.8 Å². The number of hydrogen-bond acceptors (Lipinski definition) is 8. The van der Waals surface area contributed by atoms with Crippen molar-refractivity contribution in [2.45, 2.75) is 6.92 Å². The number of rotatable bonds is 6. The van der Waals surface area contributed by atoms with E-state index in [-0.39, 0.29) is 11.4 Å². The lowest BCUT2D eigenvalue weighted by Gasteiger charge is -2.12. The third-order valence-electron chi connectivity index (χ3n) is 5.64. The maximum atomic E-state index is 13.2. The van der Waals surface area contributed by atoms with Gasteiger partial charge in [0.2, 0.25) is 11.6 Å². The fraction of sp³-hybridized carbons (Fsp3) is 0.154. The predicted octanol–water partition coefficient (Wildman–Crippen LogP) is 4.44. The Labute approximate surface area is 200 Å². The predicted molar refractivity (Wildman–Crippen MR) is 130 cm³/mol. The summed E-state index contributed by atoms with van der Waals surface area (Å²) in [4.78, 5) is 17.8. The summed E-state index contributed by atoms with van der Waals surface area (Å²) in [6.07, 6.45) is 0.